The van der Waals surface area contributed by atoms with Crippen molar-refractivity contribution in [2.45, 2.75) is 56.8 Å². The zero-order valence-corrected chi connectivity index (χ0v) is 30.9. The Bertz CT molecular complexity index is 2040. The zero-order valence-electron chi connectivity index (χ0n) is 29.4. The lowest BCUT2D eigenvalue weighted by Crippen LogP contribution is -2.52. The molecule has 1 aromatic heterocycles. The summed E-state index contributed by atoms with van der Waals surface area (Å²) in [6.45, 7) is -0.524. The molecule has 8 rings (SSSR count). The zero-order chi connectivity index (χ0) is 38.8. The number of hydrogen-bond acceptors (Lipinski definition) is 8. The highest BCUT2D eigenvalue weighted by Crippen LogP contribution is 2.43. The molecule has 0 spiro atoms. The Morgan fingerprint density at radius 3 is 2.35 bits per heavy atom. The summed E-state index contributed by atoms with van der Waals surface area (Å²) in [6.07, 6.45) is 5.27. The Balaban J connectivity index is 1.36. The minimum Gasteiger partial charge on any atom is -0.619 e. The first kappa shape index (κ1) is 38.6. The van der Waals surface area contributed by atoms with Crippen molar-refractivity contribution < 1.29 is 46.8 Å². The minimum atomic E-state index is -3.15. The monoisotopic (exact) mass is 799 g/mol. The molecule has 290 valence electrons. The highest BCUT2D eigenvalue weighted by Gasteiger charge is 2.39. The second-order valence-corrected chi connectivity index (χ2v) is 15.0. The number of aromatic carboxylic acids is 1. The SMILES string of the molecule is O=C(O)c1cccc(NC(C(=O)O[C@H]2CN3CCC2CC3)c2ccccc2F)c1[C@@H](Cc1c(Cl)c[n+]([O-])cc1Cl)c1ccc(OC(F)F)c(OCC2CC2)c1. The van der Waals surface area contributed by atoms with Crippen LogP contribution in [0, 0.1) is 22.9 Å². The number of esters is 1. The van der Waals surface area contributed by atoms with Crippen LogP contribution in [0.2, 0.25) is 10.0 Å². The molecule has 4 aromatic rings. The van der Waals surface area contributed by atoms with Crippen LogP contribution in [-0.2, 0) is 16.0 Å². The Morgan fingerprint density at radius 1 is 0.982 bits per heavy atom. The summed E-state index contributed by atoms with van der Waals surface area (Å²) < 4.78 is 59.9. The third-order valence-electron chi connectivity index (χ3n) is 10.5. The summed E-state index contributed by atoms with van der Waals surface area (Å²) in [6, 6.07) is 13.0. The van der Waals surface area contributed by atoms with Gasteiger partial charge in [0.25, 0.3) is 0 Å². The number of anilines is 1. The van der Waals surface area contributed by atoms with Crippen molar-refractivity contribution in [3.05, 3.63) is 122 Å². The van der Waals surface area contributed by atoms with Crippen molar-refractivity contribution in [2.75, 3.05) is 31.6 Å². The van der Waals surface area contributed by atoms with Crippen molar-refractivity contribution in [3.8, 4) is 11.5 Å². The average Bonchev–Trinajstić information content (AvgIpc) is 3.99. The van der Waals surface area contributed by atoms with Crippen LogP contribution in [0.3, 0.4) is 0 Å². The van der Waals surface area contributed by atoms with Crippen molar-refractivity contribution in [1.82, 2.24) is 4.90 Å². The molecule has 0 radical (unpaired) electrons. The van der Waals surface area contributed by atoms with Crippen LogP contribution in [0.1, 0.15) is 70.3 Å². The van der Waals surface area contributed by atoms with Gasteiger partial charge in [0, 0.05) is 29.3 Å². The summed E-state index contributed by atoms with van der Waals surface area (Å²) >= 11 is 13.1. The van der Waals surface area contributed by atoms with Gasteiger partial charge < -0.3 is 29.8 Å². The van der Waals surface area contributed by atoms with E-state index < -0.39 is 42.4 Å². The van der Waals surface area contributed by atoms with Crippen molar-refractivity contribution in [3.63, 3.8) is 0 Å². The fraction of sp³-hybridized carbons (Fsp3) is 0.375. The molecule has 3 saturated heterocycles. The second kappa shape index (κ2) is 16.6. The van der Waals surface area contributed by atoms with E-state index in [1.54, 1.807) is 12.1 Å². The van der Waals surface area contributed by atoms with Gasteiger partial charge in [-0.15, -0.1) is 0 Å². The number of piperidine rings is 3. The number of nitrogens with zero attached hydrogens (tertiary/aromatic N) is 2. The maximum atomic E-state index is 15.6. The number of carbonyl (C=O) groups excluding carboxylic acids is 1. The molecular weight excluding hydrogens is 762 g/mol. The van der Waals surface area contributed by atoms with Gasteiger partial charge in [0.1, 0.15) is 22.0 Å². The van der Waals surface area contributed by atoms with Crippen LogP contribution in [0.5, 0.6) is 11.5 Å². The molecule has 1 unspecified atom stereocenters. The fourth-order valence-electron chi connectivity index (χ4n) is 7.50. The number of fused-ring (bicyclic) bond motifs is 3. The van der Waals surface area contributed by atoms with Gasteiger partial charge in [-0.05, 0) is 98.5 Å². The number of ether oxygens (including phenoxy) is 3. The largest absolute Gasteiger partial charge is 0.619 e. The van der Waals surface area contributed by atoms with Crippen LogP contribution < -0.4 is 19.5 Å². The number of carboxylic acid groups (broad SMARTS) is 1. The molecule has 1 aliphatic carbocycles. The molecular formula is C40H38Cl2F3N3O7. The highest BCUT2D eigenvalue weighted by molar-refractivity contribution is 6.35. The number of aromatic nitrogens is 1. The molecule has 3 aliphatic heterocycles. The van der Waals surface area contributed by atoms with Crippen molar-refractivity contribution in [1.29, 1.82) is 0 Å². The summed E-state index contributed by atoms with van der Waals surface area (Å²) in [5.74, 6) is -3.55. The predicted octanol–water partition coefficient (Wildman–Crippen LogP) is 8.02. The molecule has 4 heterocycles. The summed E-state index contributed by atoms with van der Waals surface area (Å²) in [5, 5.41) is 26.0. The van der Waals surface area contributed by atoms with Gasteiger partial charge in [0.15, 0.2) is 29.9 Å². The molecule has 55 heavy (non-hydrogen) atoms. The van der Waals surface area contributed by atoms with Gasteiger partial charge in [0.2, 0.25) is 0 Å². The average molecular weight is 801 g/mol. The third kappa shape index (κ3) is 8.90. The second-order valence-electron chi connectivity index (χ2n) is 14.2. The summed E-state index contributed by atoms with van der Waals surface area (Å²) in [4.78, 5) is 29.4. The van der Waals surface area contributed by atoms with E-state index in [9.17, 15) is 28.7 Å². The lowest BCUT2D eigenvalue weighted by molar-refractivity contribution is -0.605. The molecule has 3 aromatic carbocycles. The van der Waals surface area contributed by atoms with Gasteiger partial charge in [-0.3, -0.25) is 4.90 Å². The van der Waals surface area contributed by atoms with E-state index in [-0.39, 0.29) is 74.3 Å². The van der Waals surface area contributed by atoms with E-state index in [1.807, 2.05) is 0 Å². The van der Waals surface area contributed by atoms with Crippen LogP contribution in [0.4, 0.5) is 18.9 Å². The van der Waals surface area contributed by atoms with Gasteiger partial charge in [0.05, 0.1) is 12.2 Å². The number of rotatable bonds is 15. The normalized spacial score (nSPS) is 20.1. The molecule has 4 fully saturated rings. The Labute approximate surface area is 325 Å². The van der Waals surface area contributed by atoms with Crippen molar-refractivity contribution in [2.24, 2.45) is 11.8 Å². The van der Waals surface area contributed by atoms with E-state index in [2.05, 4.69) is 10.2 Å². The van der Waals surface area contributed by atoms with Gasteiger partial charge in [-0.1, -0.05) is 53.5 Å². The molecule has 2 bridgehead atoms. The minimum absolute atomic E-state index is 0.00463. The molecule has 15 heteroatoms. The van der Waals surface area contributed by atoms with E-state index >= 15 is 4.39 Å². The van der Waals surface area contributed by atoms with Crippen molar-refractivity contribution >= 4 is 40.8 Å². The lowest BCUT2D eigenvalue weighted by Gasteiger charge is -2.44. The number of carboxylic acids is 1. The first-order chi connectivity index (χ1) is 26.4. The van der Waals surface area contributed by atoms with E-state index in [0.717, 1.165) is 51.2 Å². The topological polar surface area (TPSA) is 124 Å². The Kier molecular flexibility index (Phi) is 11.6. The van der Waals surface area contributed by atoms with E-state index in [4.69, 9.17) is 37.4 Å². The van der Waals surface area contributed by atoms with Gasteiger partial charge in [-0.2, -0.15) is 13.5 Å². The first-order valence-electron chi connectivity index (χ1n) is 18.0. The standard InChI is InChI=1S/C40H38Cl2F3N3O7/c41-29-18-48(52)19-30(42)28(29)17-27(24-10-11-33(55-40(44)45)34(16-24)53-21-22-8-9-22)36-26(38(49)50)5-3-7-32(36)46-37(25-4-1-2-6-31(25)43)39(51)54-35-20-47-14-12-23(35)13-15-47/h1-7,10-11,16,18-19,22-23,27,35,37,40,46H,8-9,12-15,17,20-21H2,(H,49,50)/t27-,35-,37?/m0/s1. The molecule has 4 aliphatic rings. The van der Waals surface area contributed by atoms with Crippen LogP contribution in [0.15, 0.2) is 73.1 Å². The predicted molar refractivity (Wildman–Crippen MR) is 197 cm³/mol. The lowest BCUT2D eigenvalue weighted by atomic mass is 9.82. The number of halogens is 5. The summed E-state index contributed by atoms with van der Waals surface area (Å²) in [5.41, 5.74) is 0.728. The van der Waals surface area contributed by atoms with Gasteiger partial charge >= 0.3 is 18.6 Å². The van der Waals surface area contributed by atoms with Crippen LogP contribution >= 0.6 is 23.2 Å². The van der Waals surface area contributed by atoms with Crippen LogP contribution in [-0.4, -0.2) is 60.9 Å². The van der Waals surface area contributed by atoms with E-state index in [0.29, 0.717) is 16.8 Å². The Hall–Kier alpha value is -4.72. The van der Waals surface area contributed by atoms with E-state index in [1.165, 1.54) is 48.5 Å². The van der Waals surface area contributed by atoms with Crippen LogP contribution in [0.25, 0.3) is 0 Å². The number of benzene rings is 3. The Morgan fingerprint density at radius 2 is 1.71 bits per heavy atom. The number of hydrogen-bond donors (Lipinski definition) is 2. The number of pyridine rings is 1. The molecule has 10 nitrogen and oxygen atoms in total. The van der Waals surface area contributed by atoms with Gasteiger partial charge in [-0.25, -0.2) is 14.0 Å². The number of alkyl halides is 2. The number of nitrogens with one attached hydrogen (secondary N) is 1. The fourth-order valence-corrected chi connectivity index (χ4v) is 8.10. The number of carbonyl (C=O) groups is 2. The molecule has 2 N–H and O–H groups in total. The smallest absolute Gasteiger partial charge is 0.387 e. The molecule has 3 atom stereocenters. The highest BCUT2D eigenvalue weighted by atomic mass is 35.5. The molecule has 0 amide bonds. The third-order valence-corrected chi connectivity index (χ3v) is 11.2. The quantitative estimate of drug-likeness (QED) is 0.0699. The summed E-state index contributed by atoms with van der Waals surface area (Å²) in [7, 11) is 0. The first-order valence-corrected chi connectivity index (χ1v) is 18.8. The maximum absolute atomic E-state index is 15.6. The molecule has 1 saturated carbocycles. The maximum Gasteiger partial charge on any atom is 0.387 e.